The van der Waals surface area contributed by atoms with Gasteiger partial charge >= 0.3 is 11.9 Å². The van der Waals surface area contributed by atoms with Crippen LogP contribution >= 0.6 is 11.6 Å². The van der Waals surface area contributed by atoms with Crippen LogP contribution in [-0.2, 0) is 23.9 Å². The molecule has 1 N–H and O–H groups in total. The molecular formula is C17H17ClNO7-. The summed E-state index contributed by atoms with van der Waals surface area (Å²) in [5.74, 6) is -4.53. The number of Topliss-reactive ketones (excluding diaryl/α,β-unsaturated/α-hetero) is 1. The number of hydrogen-bond donors (Lipinski definition) is 1. The Labute approximate surface area is 154 Å². The summed E-state index contributed by atoms with van der Waals surface area (Å²) in [6.45, 7) is 1.30. The Kier molecular flexibility index (Phi) is 5.82. The Hall–Kier alpha value is -2.26. The van der Waals surface area contributed by atoms with Crippen molar-refractivity contribution in [3.8, 4) is 0 Å². The van der Waals surface area contributed by atoms with Crippen LogP contribution in [0.1, 0.15) is 24.0 Å². The van der Waals surface area contributed by atoms with Crippen LogP contribution in [0.3, 0.4) is 0 Å². The van der Waals surface area contributed by atoms with Crippen LogP contribution in [0.25, 0.3) is 6.08 Å². The monoisotopic (exact) mass is 382 g/mol. The van der Waals surface area contributed by atoms with E-state index in [0.717, 1.165) is 14.2 Å². The predicted octanol–water partition coefficient (Wildman–Crippen LogP) is 1.64. The zero-order chi connectivity index (χ0) is 19.6. The SMILES string of the molecule is COC(=O)C1=Cc2ccccc2[C@@H]([C@H](C)N([O-])O)[C@@](Cl)(C(=O)OC)C1=O. The smallest absolute Gasteiger partial charge is 0.341 e. The predicted molar refractivity (Wildman–Crippen MR) is 91.2 cm³/mol. The molecule has 8 nitrogen and oxygen atoms in total. The molecule has 3 atom stereocenters. The maximum atomic E-state index is 13.1. The topological polar surface area (TPSA) is 116 Å². The van der Waals surface area contributed by atoms with E-state index in [2.05, 4.69) is 9.47 Å². The lowest BCUT2D eigenvalue weighted by atomic mass is 9.77. The lowest BCUT2D eigenvalue weighted by Gasteiger charge is -2.40. The molecule has 140 valence electrons. The van der Waals surface area contributed by atoms with Gasteiger partial charge in [-0.2, -0.15) is 0 Å². The summed E-state index contributed by atoms with van der Waals surface area (Å²) in [6.07, 6.45) is 1.24. The summed E-state index contributed by atoms with van der Waals surface area (Å²) in [5.41, 5.74) is 0.236. The van der Waals surface area contributed by atoms with Gasteiger partial charge in [-0.3, -0.25) is 10.0 Å². The lowest BCUT2D eigenvalue weighted by Crippen LogP contribution is -2.53. The van der Waals surface area contributed by atoms with Gasteiger partial charge in [-0.25, -0.2) is 9.59 Å². The molecule has 0 bridgehead atoms. The molecule has 0 saturated carbocycles. The van der Waals surface area contributed by atoms with Crippen molar-refractivity contribution in [2.24, 2.45) is 0 Å². The molecular weight excluding hydrogens is 366 g/mol. The van der Waals surface area contributed by atoms with E-state index in [0.29, 0.717) is 11.1 Å². The molecule has 1 aliphatic carbocycles. The van der Waals surface area contributed by atoms with Gasteiger partial charge in [-0.1, -0.05) is 35.9 Å². The van der Waals surface area contributed by atoms with Crippen molar-refractivity contribution in [1.29, 1.82) is 0 Å². The third kappa shape index (κ3) is 3.12. The largest absolute Gasteiger partial charge is 0.762 e. The van der Waals surface area contributed by atoms with Crippen molar-refractivity contribution in [2.75, 3.05) is 14.2 Å². The molecule has 0 unspecified atom stereocenters. The number of nitrogens with zero attached hydrogens (tertiary/aromatic N) is 1. The van der Waals surface area contributed by atoms with Gasteiger partial charge in [0, 0.05) is 12.0 Å². The molecule has 2 rings (SSSR count). The highest BCUT2D eigenvalue weighted by Gasteiger charge is 2.57. The molecule has 1 aromatic carbocycles. The normalized spacial score (nSPS) is 23.6. The number of rotatable bonds is 4. The third-order valence-electron chi connectivity index (χ3n) is 4.35. The fourth-order valence-electron chi connectivity index (χ4n) is 3.05. The van der Waals surface area contributed by atoms with Gasteiger partial charge in [0.25, 0.3) is 0 Å². The number of fused-ring (bicyclic) bond motifs is 1. The zero-order valence-corrected chi connectivity index (χ0v) is 15.0. The molecule has 0 amide bonds. The average Bonchev–Trinajstić information content (AvgIpc) is 2.73. The third-order valence-corrected chi connectivity index (χ3v) is 4.91. The number of hydroxylamine groups is 2. The molecule has 1 aliphatic rings. The minimum absolute atomic E-state index is 0.322. The lowest BCUT2D eigenvalue weighted by molar-refractivity contribution is -0.150. The van der Waals surface area contributed by atoms with E-state index < -0.39 is 45.4 Å². The molecule has 0 spiro atoms. The van der Waals surface area contributed by atoms with Crippen LogP contribution in [0.15, 0.2) is 29.8 Å². The van der Waals surface area contributed by atoms with Gasteiger partial charge in [0.15, 0.2) is 0 Å². The molecule has 0 saturated heterocycles. The molecule has 26 heavy (non-hydrogen) atoms. The summed E-state index contributed by atoms with van der Waals surface area (Å²) < 4.78 is 9.30. The van der Waals surface area contributed by atoms with Crippen LogP contribution in [-0.4, -0.2) is 53.3 Å². The van der Waals surface area contributed by atoms with Crippen molar-refractivity contribution >= 4 is 35.4 Å². The first kappa shape index (κ1) is 20.1. The Morgan fingerprint density at radius 1 is 1.31 bits per heavy atom. The Balaban J connectivity index is 2.86. The van der Waals surface area contributed by atoms with E-state index >= 15 is 0 Å². The fourth-order valence-corrected chi connectivity index (χ4v) is 3.53. The molecule has 9 heteroatoms. The van der Waals surface area contributed by atoms with Crippen molar-refractivity contribution in [2.45, 2.75) is 23.8 Å². The van der Waals surface area contributed by atoms with Gasteiger partial charge in [-0.05, 0) is 24.1 Å². The minimum atomic E-state index is -2.45. The Morgan fingerprint density at radius 3 is 2.46 bits per heavy atom. The number of esters is 2. The molecule has 0 heterocycles. The molecule has 1 aromatic rings. The number of hydrogen-bond acceptors (Lipinski definition) is 8. The van der Waals surface area contributed by atoms with Crippen molar-refractivity contribution in [1.82, 2.24) is 5.23 Å². The molecule has 0 aromatic heterocycles. The quantitative estimate of drug-likeness (QED) is 0.274. The van der Waals surface area contributed by atoms with Gasteiger partial charge in [0.1, 0.15) is 5.57 Å². The molecule has 0 radical (unpaired) electrons. The van der Waals surface area contributed by atoms with Gasteiger partial charge in [-0.15, -0.1) is 0 Å². The number of carbonyl (C=O) groups is 3. The first-order valence-corrected chi connectivity index (χ1v) is 7.94. The summed E-state index contributed by atoms with van der Waals surface area (Å²) in [5, 5.41) is 20.6. The van der Waals surface area contributed by atoms with E-state index in [1.807, 2.05) is 0 Å². The molecule has 0 aliphatic heterocycles. The highest BCUT2D eigenvalue weighted by atomic mass is 35.5. The molecule has 0 fully saturated rings. The van der Waals surface area contributed by atoms with Gasteiger partial charge in [0.05, 0.1) is 14.2 Å². The second-order valence-electron chi connectivity index (χ2n) is 5.73. The first-order chi connectivity index (χ1) is 12.2. The number of benzene rings is 1. The standard InChI is InChI=1S/C17H17ClNO7/c1-9(19(23)24)13-11-7-5-4-6-10(11)8-12(15(21)25-2)14(20)17(13,18)16(22)26-3/h4-9,13,23H,1-3H3/q-1/t9-,13+,17-/m0/s1. The fraction of sp³-hybridized carbons (Fsp3) is 0.353. The maximum Gasteiger partial charge on any atom is 0.341 e. The summed E-state index contributed by atoms with van der Waals surface area (Å²) in [7, 11) is 2.10. The van der Waals surface area contributed by atoms with Crippen LogP contribution in [0, 0.1) is 5.21 Å². The number of methoxy groups -OCH3 is 2. The maximum absolute atomic E-state index is 13.1. The van der Waals surface area contributed by atoms with E-state index in [-0.39, 0.29) is 0 Å². The number of carbonyl (C=O) groups excluding carboxylic acids is 3. The van der Waals surface area contributed by atoms with Crippen LogP contribution in [0.4, 0.5) is 0 Å². The average molecular weight is 383 g/mol. The summed E-state index contributed by atoms with van der Waals surface area (Å²) in [4.78, 5) is 35.2. The van der Waals surface area contributed by atoms with Crippen molar-refractivity contribution < 1.29 is 29.1 Å². The van der Waals surface area contributed by atoms with E-state index in [1.54, 1.807) is 24.3 Å². The van der Waals surface area contributed by atoms with Crippen molar-refractivity contribution in [3.05, 3.63) is 46.2 Å². The van der Waals surface area contributed by atoms with Crippen LogP contribution in [0.5, 0.6) is 0 Å². The van der Waals surface area contributed by atoms with Crippen LogP contribution < -0.4 is 0 Å². The second-order valence-corrected chi connectivity index (χ2v) is 6.33. The van der Waals surface area contributed by atoms with Crippen molar-refractivity contribution in [3.63, 3.8) is 0 Å². The summed E-state index contributed by atoms with van der Waals surface area (Å²) in [6, 6.07) is 5.08. The van der Waals surface area contributed by atoms with E-state index in [1.165, 1.54) is 13.0 Å². The number of ketones is 1. The number of halogens is 1. The minimum Gasteiger partial charge on any atom is -0.762 e. The van der Waals surface area contributed by atoms with Gasteiger partial charge in [0.2, 0.25) is 10.7 Å². The Bertz CT molecular complexity index is 776. The number of ether oxygens (including phenoxy) is 2. The highest BCUT2D eigenvalue weighted by Crippen LogP contribution is 2.45. The number of alkyl halides is 1. The van der Waals surface area contributed by atoms with E-state index in [9.17, 15) is 24.8 Å². The summed E-state index contributed by atoms with van der Waals surface area (Å²) >= 11 is 6.46. The zero-order valence-electron chi connectivity index (χ0n) is 14.3. The second kappa shape index (κ2) is 7.55. The highest BCUT2D eigenvalue weighted by molar-refractivity contribution is 6.51. The first-order valence-electron chi connectivity index (χ1n) is 7.56. The van der Waals surface area contributed by atoms with E-state index in [4.69, 9.17) is 11.6 Å². The van der Waals surface area contributed by atoms with Gasteiger partial charge < -0.3 is 19.9 Å². The van der Waals surface area contributed by atoms with Crippen LogP contribution in [0.2, 0.25) is 0 Å². The Morgan fingerprint density at radius 2 is 1.92 bits per heavy atom.